The molecule has 0 aliphatic carbocycles. The first-order valence-electron chi connectivity index (χ1n) is 7.46. The van der Waals surface area contributed by atoms with E-state index >= 15 is 0 Å². The van der Waals surface area contributed by atoms with Gasteiger partial charge in [0.05, 0.1) is 6.61 Å². The number of hydrogen-bond donors (Lipinski definition) is 1. The maximum Gasteiger partial charge on any atom is 0.122 e. The Balaban J connectivity index is 1.54. The van der Waals surface area contributed by atoms with Crippen LogP contribution < -0.4 is 10.1 Å². The van der Waals surface area contributed by atoms with Crippen LogP contribution in [-0.2, 0) is 0 Å². The van der Waals surface area contributed by atoms with E-state index in [0.717, 1.165) is 25.4 Å². The summed E-state index contributed by atoms with van der Waals surface area (Å²) in [4.78, 5) is 2.46. The number of benzene rings is 1. The van der Waals surface area contributed by atoms with Crippen molar-refractivity contribution >= 4 is 0 Å². The summed E-state index contributed by atoms with van der Waals surface area (Å²) >= 11 is 0. The topological polar surface area (TPSA) is 24.5 Å². The fourth-order valence-electron chi connectivity index (χ4n) is 3.29. The molecule has 3 nitrogen and oxygen atoms in total. The van der Waals surface area contributed by atoms with Crippen LogP contribution in [0.5, 0.6) is 5.75 Å². The minimum atomic E-state index is 0.532. The van der Waals surface area contributed by atoms with Crippen LogP contribution in [0.25, 0.3) is 0 Å². The lowest BCUT2D eigenvalue weighted by molar-refractivity contribution is 0.232. The molecule has 2 aliphatic rings. The number of ether oxygens (including phenoxy) is 1. The van der Waals surface area contributed by atoms with Gasteiger partial charge in [0.15, 0.2) is 0 Å². The summed E-state index contributed by atoms with van der Waals surface area (Å²) in [6.07, 6.45) is 4.03. The fourth-order valence-corrected chi connectivity index (χ4v) is 3.29. The van der Waals surface area contributed by atoms with Gasteiger partial charge in [-0.2, -0.15) is 0 Å². The Morgan fingerprint density at radius 3 is 3.00 bits per heavy atom. The number of rotatable bonds is 4. The molecule has 3 rings (SSSR count). The molecule has 0 bridgehead atoms. The van der Waals surface area contributed by atoms with Crippen molar-refractivity contribution in [2.45, 2.75) is 31.2 Å². The van der Waals surface area contributed by atoms with Gasteiger partial charge in [0, 0.05) is 30.6 Å². The molecule has 19 heavy (non-hydrogen) atoms. The van der Waals surface area contributed by atoms with Gasteiger partial charge in [0.25, 0.3) is 0 Å². The van der Waals surface area contributed by atoms with Gasteiger partial charge in [0.2, 0.25) is 0 Å². The van der Waals surface area contributed by atoms with Gasteiger partial charge < -0.3 is 15.0 Å². The van der Waals surface area contributed by atoms with Crippen LogP contribution in [0.4, 0.5) is 0 Å². The highest BCUT2D eigenvalue weighted by molar-refractivity contribution is 5.39. The van der Waals surface area contributed by atoms with Crippen molar-refractivity contribution in [3.8, 4) is 5.75 Å². The van der Waals surface area contributed by atoms with Gasteiger partial charge >= 0.3 is 0 Å². The molecular weight excluding hydrogens is 236 g/mol. The summed E-state index contributed by atoms with van der Waals surface area (Å²) in [5.41, 5.74) is 1.38. The number of nitrogens with zero attached hydrogens (tertiary/aromatic N) is 1. The fraction of sp³-hybridized carbons (Fsp3) is 0.625. The molecular formula is C16H24N2O. The van der Waals surface area contributed by atoms with Crippen LogP contribution >= 0.6 is 0 Å². The molecule has 2 unspecified atom stereocenters. The van der Waals surface area contributed by atoms with Gasteiger partial charge in [-0.3, -0.25) is 0 Å². The molecule has 1 saturated heterocycles. The van der Waals surface area contributed by atoms with E-state index in [0.29, 0.717) is 12.0 Å². The minimum Gasteiger partial charge on any atom is -0.493 e. The average Bonchev–Trinajstić information content (AvgIpc) is 2.83. The van der Waals surface area contributed by atoms with E-state index in [4.69, 9.17) is 4.74 Å². The molecule has 0 amide bonds. The number of nitrogens with one attached hydrogen (secondary N) is 1. The number of likely N-dealkylation sites (N-methyl/N-ethyl adjacent to an activating group) is 1. The molecule has 3 heteroatoms. The first-order valence-corrected chi connectivity index (χ1v) is 7.46. The zero-order chi connectivity index (χ0) is 13.1. The van der Waals surface area contributed by atoms with E-state index in [1.807, 2.05) is 0 Å². The van der Waals surface area contributed by atoms with Crippen molar-refractivity contribution in [3.63, 3.8) is 0 Å². The van der Waals surface area contributed by atoms with Crippen molar-refractivity contribution in [2.75, 3.05) is 33.3 Å². The van der Waals surface area contributed by atoms with Crippen molar-refractivity contribution in [1.29, 1.82) is 0 Å². The van der Waals surface area contributed by atoms with Crippen molar-refractivity contribution < 1.29 is 4.74 Å². The highest BCUT2D eigenvalue weighted by Crippen LogP contribution is 2.33. The van der Waals surface area contributed by atoms with Gasteiger partial charge in [-0.15, -0.1) is 0 Å². The average molecular weight is 260 g/mol. The third kappa shape index (κ3) is 3.10. The normalized spacial score (nSPS) is 26.2. The molecule has 2 atom stereocenters. The molecule has 2 heterocycles. The SMILES string of the molecule is CN(CC1CCCCN1)CC1COc2ccccc21. The highest BCUT2D eigenvalue weighted by atomic mass is 16.5. The van der Waals surface area contributed by atoms with E-state index < -0.39 is 0 Å². The Bertz CT molecular complexity index is 415. The quantitative estimate of drug-likeness (QED) is 0.898. The van der Waals surface area contributed by atoms with E-state index in [-0.39, 0.29) is 0 Å². The smallest absolute Gasteiger partial charge is 0.122 e. The van der Waals surface area contributed by atoms with Crippen molar-refractivity contribution in [2.24, 2.45) is 0 Å². The van der Waals surface area contributed by atoms with Gasteiger partial charge in [-0.1, -0.05) is 24.6 Å². The zero-order valence-corrected chi connectivity index (χ0v) is 11.8. The molecule has 1 N–H and O–H groups in total. The largest absolute Gasteiger partial charge is 0.493 e. The standard InChI is InChI=1S/C16H24N2O/c1-18(11-14-6-4-5-9-17-14)10-13-12-19-16-8-3-2-7-15(13)16/h2-3,7-8,13-14,17H,4-6,9-12H2,1H3. The third-order valence-electron chi connectivity index (χ3n) is 4.28. The molecule has 104 valence electrons. The third-order valence-corrected chi connectivity index (χ3v) is 4.28. The second kappa shape index (κ2) is 5.93. The summed E-state index contributed by atoms with van der Waals surface area (Å²) in [6.45, 7) is 4.27. The summed E-state index contributed by atoms with van der Waals surface area (Å²) in [5, 5.41) is 3.62. The highest BCUT2D eigenvalue weighted by Gasteiger charge is 2.25. The number of fused-ring (bicyclic) bond motifs is 1. The zero-order valence-electron chi connectivity index (χ0n) is 11.8. The van der Waals surface area contributed by atoms with E-state index in [1.54, 1.807) is 0 Å². The lowest BCUT2D eigenvalue weighted by atomic mass is 10.00. The number of para-hydroxylation sites is 1. The lowest BCUT2D eigenvalue weighted by Gasteiger charge is -2.29. The molecule has 1 fully saturated rings. The summed E-state index contributed by atoms with van der Waals surface area (Å²) in [7, 11) is 2.23. The summed E-state index contributed by atoms with van der Waals surface area (Å²) < 4.78 is 5.76. The maximum atomic E-state index is 5.76. The molecule has 0 spiro atoms. The molecule has 1 aromatic rings. The number of piperidine rings is 1. The second-order valence-electron chi connectivity index (χ2n) is 5.91. The summed E-state index contributed by atoms with van der Waals surface area (Å²) in [5.74, 6) is 1.61. The van der Waals surface area contributed by atoms with E-state index in [9.17, 15) is 0 Å². The predicted octanol–water partition coefficient (Wildman–Crippen LogP) is 2.24. The Morgan fingerprint density at radius 1 is 1.26 bits per heavy atom. The van der Waals surface area contributed by atoms with Gasteiger partial charge in [-0.05, 0) is 32.5 Å². The summed E-state index contributed by atoms with van der Waals surface area (Å²) in [6, 6.07) is 9.13. The van der Waals surface area contributed by atoms with Crippen LogP contribution in [-0.4, -0.2) is 44.2 Å². The molecule has 0 saturated carbocycles. The van der Waals surface area contributed by atoms with Gasteiger partial charge in [-0.25, -0.2) is 0 Å². The maximum absolute atomic E-state index is 5.76. The van der Waals surface area contributed by atoms with Crippen LogP contribution in [0.3, 0.4) is 0 Å². The van der Waals surface area contributed by atoms with Crippen LogP contribution in [0.1, 0.15) is 30.7 Å². The second-order valence-corrected chi connectivity index (χ2v) is 5.91. The molecule has 0 radical (unpaired) electrons. The molecule has 0 aromatic heterocycles. The lowest BCUT2D eigenvalue weighted by Crippen LogP contribution is -2.43. The number of hydrogen-bond acceptors (Lipinski definition) is 3. The molecule has 1 aromatic carbocycles. The van der Waals surface area contributed by atoms with Crippen molar-refractivity contribution in [3.05, 3.63) is 29.8 Å². The van der Waals surface area contributed by atoms with E-state index in [1.165, 1.54) is 31.4 Å². The Hall–Kier alpha value is -1.06. The first-order chi connectivity index (χ1) is 9.33. The molecule has 2 aliphatic heterocycles. The minimum absolute atomic E-state index is 0.532. The Morgan fingerprint density at radius 2 is 2.16 bits per heavy atom. The van der Waals surface area contributed by atoms with Crippen LogP contribution in [0.15, 0.2) is 24.3 Å². The van der Waals surface area contributed by atoms with Crippen LogP contribution in [0, 0.1) is 0 Å². The van der Waals surface area contributed by atoms with Gasteiger partial charge in [0.1, 0.15) is 5.75 Å². The Labute approximate surface area is 115 Å². The Kier molecular flexibility index (Phi) is 4.04. The van der Waals surface area contributed by atoms with E-state index in [2.05, 4.69) is 41.5 Å². The first kappa shape index (κ1) is 12.9. The predicted molar refractivity (Wildman–Crippen MR) is 77.8 cm³/mol. The van der Waals surface area contributed by atoms with Crippen molar-refractivity contribution in [1.82, 2.24) is 10.2 Å². The van der Waals surface area contributed by atoms with Crippen LogP contribution in [0.2, 0.25) is 0 Å². The monoisotopic (exact) mass is 260 g/mol.